The lowest BCUT2D eigenvalue weighted by atomic mass is 9.99. The van der Waals surface area contributed by atoms with Crippen molar-refractivity contribution in [3.63, 3.8) is 0 Å². The number of benzene rings is 1. The zero-order chi connectivity index (χ0) is 13.8. The molecule has 2 atom stereocenters. The highest BCUT2D eigenvalue weighted by Gasteiger charge is 2.24. The molecule has 1 unspecified atom stereocenters. The predicted molar refractivity (Wildman–Crippen MR) is 88.3 cm³/mol. The summed E-state index contributed by atoms with van der Waals surface area (Å²) < 4.78 is 1.08. The average molecular weight is 362 g/mol. The van der Waals surface area contributed by atoms with Gasteiger partial charge in [-0.3, -0.25) is 4.79 Å². The molecule has 2 rings (SSSR count). The molecule has 1 aromatic rings. The van der Waals surface area contributed by atoms with Crippen LogP contribution in [0.3, 0.4) is 0 Å². The van der Waals surface area contributed by atoms with Gasteiger partial charge < -0.3 is 10.2 Å². The van der Waals surface area contributed by atoms with Crippen molar-refractivity contribution in [2.24, 2.45) is 5.92 Å². The number of carbonyl (C=O) groups excluding carboxylic acids is 1. The van der Waals surface area contributed by atoms with Crippen LogP contribution >= 0.6 is 28.3 Å². The number of rotatable bonds is 3. The molecule has 112 valence electrons. The van der Waals surface area contributed by atoms with E-state index in [4.69, 9.17) is 0 Å². The SMILES string of the molecule is CC(Cc1ccc(Br)cc1)C(=O)N1CCN[C@H](C)C1.Cl. The summed E-state index contributed by atoms with van der Waals surface area (Å²) in [5, 5.41) is 3.36. The molecule has 1 saturated heterocycles. The molecule has 1 fully saturated rings. The quantitative estimate of drug-likeness (QED) is 0.898. The lowest BCUT2D eigenvalue weighted by molar-refractivity contribution is -0.136. The van der Waals surface area contributed by atoms with Crippen LogP contribution in [0.2, 0.25) is 0 Å². The van der Waals surface area contributed by atoms with Crippen molar-refractivity contribution in [1.29, 1.82) is 0 Å². The Hall–Kier alpha value is -0.580. The highest BCUT2D eigenvalue weighted by atomic mass is 79.9. The van der Waals surface area contributed by atoms with Crippen molar-refractivity contribution >= 4 is 34.2 Å². The third kappa shape index (κ3) is 4.76. The number of nitrogens with zero attached hydrogens (tertiary/aromatic N) is 1. The van der Waals surface area contributed by atoms with Crippen LogP contribution in [0, 0.1) is 5.92 Å². The second kappa shape index (κ2) is 8.01. The second-order valence-corrected chi connectivity index (χ2v) is 6.29. The highest BCUT2D eigenvalue weighted by molar-refractivity contribution is 9.10. The largest absolute Gasteiger partial charge is 0.340 e. The fourth-order valence-corrected chi connectivity index (χ4v) is 2.77. The van der Waals surface area contributed by atoms with E-state index in [0.29, 0.717) is 6.04 Å². The maximum atomic E-state index is 12.4. The molecule has 0 radical (unpaired) electrons. The third-order valence-corrected chi connectivity index (χ3v) is 4.09. The van der Waals surface area contributed by atoms with E-state index in [9.17, 15) is 4.79 Å². The minimum absolute atomic E-state index is 0. The Kier molecular flexibility index (Phi) is 7.00. The summed E-state index contributed by atoms with van der Waals surface area (Å²) in [7, 11) is 0. The van der Waals surface area contributed by atoms with Crippen molar-refractivity contribution < 1.29 is 4.79 Å². The molecule has 1 aliphatic rings. The molecule has 1 aromatic carbocycles. The normalized spacial score (nSPS) is 20.1. The lowest BCUT2D eigenvalue weighted by Crippen LogP contribution is -2.52. The predicted octanol–water partition coefficient (Wildman–Crippen LogP) is 2.87. The monoisotopic (exact) mass is 360 g/mol. The Bertz CT molecular complexity index is 438. The number of halogens is 2. The third-order valence-electron chi connectivity index (χ3n) is 3.56. The van der Waals surface area contributed by atoms with Gasteiger partial charge in [0.05, 0.1) is 0 Å². The fraction of sp³-hybridized carbons (Fsp3) is 0.533. The Balaban J connectivity index is 0.00000200. The summed E-state index contributed by atoms with van der Waals surface area (Å²) in [5.74, 6) is 0.322. The van der Waals surface area contributed by atoms with Crippen molar-refractivity contribution in [2.45, 2.75) is 26.3 Å². The molecule has 0 spiro atoms. The minimum atomic E-state index is 0. The van der Waals surface area contributed by atoms with Gasteiger partial charge in [-0.1, -0.05) is 35.0 Å². The Morgan fingerprint density at radius 1 is 1.45 bits per heavy atom. The van der Waals surface area contributed by atoms with Crippen molar-refractivity contribution in [3.8, 4) is 0 Å². The molecular weight excluding hydrogens is 340 g/mol. The van der Waals surface area contributed by atoms with Gasteiger partial charge in [0.25, 0.3) is 0 Å². The number of nitrogens with one attached hydrogen (secondary N) is 1. The summed E-state index contributed by atoms with van der Waals surface area (Å²) in [4.78, 5) is 14.4. The number of piperazine rings is 1. The highest BCUT2D eigenvalue weighted by Crippen LogP contribution is 2.16. The first-order chi connectivity index (χ1) is 9.06. The van der Waals surface area contributed by atoms with Gasteiger partial charge in [0.2, 0.25) is 5.91 Å². The van der Waals surface area contributed by atoms with Gasteiger partial charge in [-0.15, -0.1) is 12.4 Å². The van der Waals surface area contributed by atoms with E-state index in [1.165, 1.54) is 5.56 Å². The van der Waals surface area contributed by atoms with Crippen LogP contribution < -0.4 is 5.32 Å². The zero-order valence-electron chi connectivity index (χ0n) is 11.9. The van der Waals surface area contributed by atoms with E-state index in [1.807, 2.05) is 24.0 Å². The number of carbonyl (C=O) groups is 1. The average Bonchev–Trinajstić information content (AvgIpc) is 2.40. The van der Waals surface area contributed by atoms with Gasteiger partial charge in [0, 0.05) is 36.1 Å². The Morgan fingerprint density at radius 3 is 2.70 bits per heavy atom. The van der Waals surface area contributed by atoms with Gasteiger partial charge in [-0.05, 0) is 31.0 Å². The van der Waals surface area contributed by atoms with E-state index in [0.717, 1.165) is 30.5 Å². The summed E-state index contributed by atoms with van der Waals surface area (Å²) in [6.07, 6.45) is 0.810. The van der Waals surface area contributed by atoms with E-state index >= 15 is 0 Å². The zero-order valence-corrected chi connectivity index (χ0v) is 14.3. The van der Waals surface area contributed by atoms with Crippen LogP contribution in [-0.2, 0) is 11.2 Å². The molecule has 1 amide bonds. The van der Waals surface area contributed by atoms with Crippen molar-refractivity contribution in [2.75, 3.05) is 19.6 Å². The molecule has 1 aliphatic heterocycles. The van der Waals surface area contributed by atoms with E-state index in [-0.39, 0.29) is 24.2 Å². The Morgan fingerprint density at radius 2 is 2.10 bits per heavy atom. The molecule has 0 saturated carbocycles. The number of hydrogen-bond acceptors (Lipinski definition) is 2. The first kappa shape index (κ1) is 17.5. The van der Waals surface area contributed by atoms with Gasteiger partial charge in [0.1, 0.15) is 0 Å². The molecule has 0 aliphatic carbocycles. The molecule has 5 heteroatoms. The molecular formula is C15H22BrClN2O. The standard InChI is InChI=1S/C15H21BrN2O.ClH/c1-11(9-13-3-5-14(16)6-4-13)15(19)18-8-7-17-12(2)10-18;/h3-6,11-12,17H,7-10H2,1-2H3;1H/t11?,12-;/m1./s1. The first-order valence-corrected chi connectivity index (χ1v) is 7.62. The van der Waals surface area contributed by atoms with Crippen LogP contribution in [-0.4, -0.2) is 36.5 Å². The smallest absolute Gasteiger partial charge is 0.225 e. The summed E-state index contributed by atoms with van der Waals surface area (Å²) in [6, 6.07) is 8.61. The summed E-state index contributed by atoms with van der Waals surface area (Å²) in [6.45, 7) is 6.70. The Labute approximate surface area is 135 Å². The lowest BCUT2D eigenvalue weighted by Gasteiger charge is -2.33. The molecule has 1 heterocycles. The van der Waals surface area contributed by atoms with Crippen molar-refractivity contribution in [3.05, 3.63) is 34.3 Å². The molecule has 20 heavy (non-hydrogen) atoms. The van der Waals surface area contributed by atoms with Crippen LogP contribution in [0.15, 0.2) is 28.7 Å². The van der Waals surface area contributed by atoms with E-state index in [2.05, 4.69) is 40.3 Å². The molecule has 1 N–H and O–H groups in total. The minimum Gasteiger partial charge on any atom is -0.340 e. The molecule has 0 bridgehead atoms. The maximum absolute atomic E-state index is 12.4. The van der Waals surface area contributed by atoms with E-state index in [1.54, 1.807) is 0 Å². The van der Waals surface area contributed by atoms with Crippen LogP contribution in [0.1, 0.15) is 19.4 Å². The van der Waals surface area contributed by atoms with Gasteiger partial charge in [-0.2, -0.15) is 0 Å². The second-order valence-electron chi connectivity index (χ2n) is 5.37. The van der Waals surface area contributed by atoms with Gasteiger partial charge in [-0.25, -0.2) is 0 Å². The van der Waals surface area contributed by atoms with Crippen LogP contribution in [0.5, 0.6) is 0 Å². The first-order valence-electron chi connectivity index (χ1n) is 6.83. The summed E-state index contributed by atoms with van der Waals surface area (Å²) in [5.41, 5.74) is 1.22. The van der Waals surface area contributed by atoms with E-state index < -0.39 is 0 Å². The molecule has 3 nitrogen and oxygen atoms in total. The number of hydrogen-bond donors (Lipinski definition) is 1. The van der Waals surface area contributed by atoms with Crippen LogP contribution in [0.25, 0.3) is 0 Å². The van der Waals surface area contributed by atoms with Gasteiger partial charge >= 0.3 is 0 Å². The molecule has 0 aromatic heterocycles. The van der Waals surface area contributed by atoms with Crippen LogP contribution in [0.4, 0.5) is 0 Å². The van der Waals surface area contributed by atoms with Crippen molar-refractivity contribution in [1.82, 2.24) is 10.2 Å². The topological polar surface area (TPSA) is 32.3 Å². The fourth-order valence-electron chi connectivity index (χ4n) is 2.51. The van der Waals surface area contributed by atoms with Gasteiger partial charge in [0.15, 0.2) is 0 Å². The number of amides is 1. The maximum Gasteiger partial charge on any atom is 0.225 e. The summed E-state index contributed by atoms with van der Waals surface area (Å²) >= 11 is 3.43.